The molecule has 0 aliphatic rings. The van der Waals surface area contributed by atoms with Crippen LogP contribution < -0.4 is 5.32 Å². The molecule has 0 radical (unpaired) electrons. The van der Waals surface area contributed by atoms with Crippen molar-refractivity contribution in [3.63, 3.8) is 0 Å². The lowest BCUT2D eigenvalue weighted by atomic mass is 10.1. The van der Waals surface area contributed by atoms with Crippen LogP contribution in [0.25, 0.3) is 10.8 Å². The molecule has 0 aromatic heterocycles. The van der Waals surface area contributed by atoms with E-state index in [2.05, 4.69) is 51.6 Å². The Balaban J connectivity index is 1.92. The SMILES string of the molecule is Clc1ccccc1CNc1ccc(Br)c2ccccc12. The highest BCUT2D eigenvalue weighted by molar-refractivity contribution is 9.10. The Hall–Kier alpha value is -1.51. The summed E-state index contributed by atoms with van der Waals surface area (Å²) in [6.07, 6.45) is 0. The lowest BCUT2D eigenvalue weighted by molar-refractivity contribution is 1.15. The van der Waals surface area contributed by atoms with Crippen molar-refractivity contribution in [1.29, 1.82) is 0 Å². The van der Waals surface area contributed by atoms with E-state index >= 15 is 0 Å². The van der Waals surface area contributed by atoms with Crippen molar-refractivity contribution in [1.82, 2.24) is 0 Å². The molecule has 3 rings (SSSR count). The molecule has 20 heavy (non-hydrogen) atoms. The summed E-state index contributed by atoms with van der Waals surface area (Å²) in [6.45, 7) is 0.714. The first-order valence-corrected chi connectivity index (χ1v) is 7.57. The third-order valence-corrected chi connectivity index (χ3v) is 4.36. The van der Waals surface area contributed by atoms with Crippen LogP contribution in [0.15, 0.2) is 65.1 Å². The predicted molar refractivity (Wildman–Crippen MR) is 90.4 cm³/mol. The lowest BCUT2D eigenvalue weighted by Crippen LogP contribution is -2.00. The molecule has 0 aliphatic heterocycles. The topological polar surface area (TPSA) is 12.0 Å². The van der Waals surface area contributed by atoms with Crippen LogP contribution in [0.5, 0.6) is 0 Å². The van der Waals surface area contributed by atoms with Crippen LogP contribution in [0.3, 0.4) is 0 Å². The Kier molecular flexibility index (Phi) is 3.95. The summed E-state index contributed by atoms with van der Waals surface area (Å²) in [4.78, 5) is 0. The summed E-state index contributed by atoms with van der Waals surface area (Å²) in [7, 11) is 0. The summed E-state index contributed by atoms with van der Waals surface area (Å²) in [5, 5.41) is 6.67. The van der Waals surface area contributed by atoms with Crippen LogP contribution in [-0.4, -0.2) is 0 Å². The molecule has 0 unspecified atom stereocenters. The molecule has 3 aromatic carbocycles. The molecule has 1 N–H and O–H groups in total. The van der Waals surface area contributed by atoms with Crippen molar-refractivity contribution in [3.8, 4) is 0 Å². The van der Waals surface area contributed by atoms with Gasteiger partial charge < -0.3 is 5.32 Å². The maximum Gasteiger partial charge on any atom is 0.0455 e. The summed E-state index contributed by atoms with van der Waals surface area (Å²) >= 11 is 9.78. The number of nitrogens with one attached hydrogen (secondary N) is 1. The molecule has 100 valence electrons. The van der Waals surface area contributed by atoms with Crippen molar-refractivity contribution in [2.24, 2.45) is 0 Å². The first-order valence-electron chi connectivity index (χ1n) is 6.40. The number of fused-ring (bicyclic) bond motifs is 1. The molecule has 0 atom stereocenters. The fourth-order valence-electron chi connectivity index (χ4n) is 2.25. The second-order valence-electron chi connectivity index (χ2n) is 4.59. The molecule has 0 saturated heterocycles. The zero-order valence-corrected chi connectivity index (χ0v) is 13.1. The first kappa shape index (κ1) is 13.5. The van der Waals surface area contributed by atoms with Gasteiger partial charge in [-0.15, -0.1) is 0 Å². The molecule has 0 amide bonds. The molecule has 0 spiro atoms. The zero-order valence-electron chi connectivity index (χ0n) is 10.7. The minimum absolute atomic E-state index is 0.714. The number of halogens is 2. The van der Waals surface area contributed by atoms with E-state index in [1.54, 1.807) is 0 Å². The van der Waals surface area contributed by atoms with Gasteiger partial charge in [0.2, 0.25) is 0 Å². The van der Waals surface area contributed by atoms with Crippen molar-refractivity contribution >= 4 is 44.0 Å². The van der Waals surface area contributed by atoms with Gasteiger partial charge in [0.15, 0.2) is 0 Å². The highest BCUT2D eigenvalue weighted by Gasteiger charge is 2.04. The van der Waals surface area contributed by atoms with Crippen molar-refractivity contribution in [2.45, 2.75) is 6.54 Å². The van der Waals surface area contributed by atoms with E-state index in [4.69, 9.17) is 11.6 Å². The van der Waals surface area contributed by atoms with E-state index in [9.17, 15) is 0 Å². The molecular formula is C17H13BrClN. The number of benzene rings is 3. The van der Waals surface area contributed by atoms with Gasteiger partial charge in [-0.05, 0) is 29.1 Å². The molecule has 0 saturated carbocycles. The van der Waals surface area contributed by atoms with E-state index in [1.807, 2.05) is 30.3 Å². The Morgan fingerprint density at radius 2 is 1.55 bits per heavy atom. The van der Waals surface area contributed by atoms with Gasteiger partial charge in [0.05, 0.1) is 0 Å². The van der Waals surface area contributed by atoms with Gasteiger partial charge in [-0.3, -0.25) is 0 Å². The van der Waals surface area contributed by atoms with Crippen molar-refractivity contribution < 1.29 is 0 Å². The van der Waals surface area contributed by atoms with Crippen LogP contribution in [0, 0.1) is 0 Å². The van der Waals surface area contributed by atoms with Gasteiger partial charge in [0.25, 0.3) is 0 Å². The summed E-state index contributed by atoms with van der Waals surface area (Å²) in [5.74, 6) is 0. The van der Waals surface area contributed by atoms with E-state index in [-0.39, 0.29) is 0 Å². The smallest absolute Gasteiger partial charge is 0.0455 e. The standard InChI is InChI=1S/C17H13BrClN/c18-15-9-10-17(14-7-3-2-6-13(14)15)20-11-12-5-1-4-8-16(12)19/h1-10,20H,11H2. The van der Waals surface area contributed by atoms with Crippen LogP contribution in [0.4, 0.5) is 5.69 Å². The predicted octanol–water partition coefficient (Wildman–Crippen LogP) is 5.87. The minimum atomic E-state index is 0.714. The van der Waals surface area contributed by atoms with Crippen molar-refractivity contribution in [3.05, 3.63) is 75.7 Å². The van der Waals surface area contributed by atoms with E-state index in [0.717, 1.165) is 20.7 Å². The molecule has 3 aromatic rings. The lowest BCUT2D eigenvalue weighted by Gasteiger charge is -2.12. The molecular weight excluding hydrogens is 334 g/mol. The monoisotopic (exact) mass is 345 g/mol. The maximum atomic E-state index is 6.19. The number of anilines is 1. The fourth-order valence-corrected chi connectivity index (χ4v) is 2.93. The van der Waals surface area contributed by atoms with Crippen LogP contribution in [-0.2, 0) is 6.54 Å². The minimum Gasteiger partial charge on any atom is -0.380 e. The average molecular weight is 347 g/mol. The van der Waals surface area contributed by atoms with Crippen LogP contribution >= 0.6 is 27.5 Å². The maximum absolute atomic E-state index is 6.19. The van der Waals surface area contributed by atoms with E-state index in [0.29, 0.717) is 6.54 Å². The molecule has 3 heteroatoms. The second-order valence-corrected chi connectivity index (χ2v) is 5.85. The number of rotatable bonds is 3. The molecule has 0 heterocycles. The molecule has 0 fully saturated rings. The Bertz CT molecular complexity index is 755. The Morgan fingerprint density at radius 3 is 2.35 bits per heavy atom. The van der Waals surface area contributed by atoms with Gasteiger partial charge in [-0.1, -0.05) is 70.0 Å². The van der Waals surface area contributed by atoms with Gasteiger partial charge in [0.1, 0.15) is 0 Å². The molecule has 1 nitrogen and oxygen atoms in total. The third kappa shape index (κ3) is 2.67. The Morgan fingerprint density at radius 1 is 0.850 bits per heavy atom. The van der Waals surface area contributed by atoms with Crippen LogP contribution in [0.1, 0.15) is 5.56 Å². The number of hydrogen-bond acceptors (Lipinski definition) is 1. The Labute approximate surface area is 131 Å². The van der Waals surface area contributed by atoms with Gasteiger partial charge in [0, 0.05) is 27.1 Å². The number of hydrogen-bond donors (Lipinski definition) is 1. The highest BCUT2D eigenvalue weighted by Crippen LogP contribution is 2.30. The molecule has 0 aliphatic carbocycles. The fraction of sp³-hybridized carbons (Fsp3) is 0.0588. The average Bonchev–Trinajstić information content (AvgIpc) is 2.48. The first-order chi connectivity index (χ1) is 9.75. The van der Waals surface area contributed by atoms with E-state index < -0.39 is 0 Å². The summed E-state index contributed by atoms with van der Waals surface area (Å²) in [6, 6.07) is 20.4. The highest BCUT2D eigenvalue weighted by atomic mass is 79.9. The van der Waals surface area contributed by atoms with Gasteiger partial charge >= 0.3 is 0 Å². The van der Waals surface area contributed by atoms with Gasteiger partial charge in [-0.2, -0.15) is 0 Å². The zero-order chi connectivity index (χ0) is 13.9. The van der Waals surface area contributed by atoms with Crippen molar-refractivity contribution in [2.75, 3.05) is 5.32 Å². The summed E-state index contributed by atoms with van der Waals surface area (Å²) < 4.78 is 1.11. The van der Waals surface area contributed by atoms with Gasteiger partial charge in [-0.25, -0.2) is 0 Å². The quantitative estimate of drug-likeness (QED) is 0.625. The van der Waals surface area contributed by atoms with Crippen LogP contribution in [0.2, 0.25) is 5.02 Å². The largest absolute Gasteiger partial charge is 0.380 e. The normalized spacial score (nSPS) is 10.7. The molecule has 0 bridgehead atoms. The summed E-state index contributed by atoms with van der Waals surface area (Å²) in [5.41, 5.74) is 2.21. The second kappa shape index (κ2) is 5.86. The van der Waals surface area contributed by atoms with E-state index in [1.165, 1.54) is 10.8 Å². The third-order valence-electron chi connectivity index (χ3n) is 3.30.